The van der Waals surface area contributed by atoms with E-state index < -0.39 is 0 Å². The zero-order valence-electron chi connectivity index (χ0n) is 15.8. The third-order valence-corrected chi connectivity index (χ3v) is 5.56. The summed E-state index contributed by atoms with van der Waals surface area (Å²) >= 11 is 0. The van der Waals surface area contributed by atoms with Gasteiger partial charge in [0, 0.05) is 32.4 Å². The maximum atomic E-state index is 13.1. The molecule has 2 aliphatic rings. The number of nitrogens with zero attached hydrogens (tertiary/aromatic N) is 5. The SMILES string of the molecule is O=C(c1nnc2n1CCCCC2)N1CCc2oc(Cc3ccccc3)nc2C1. The van der Waals surface area contributed by atoms with E-state index in [1.54, 1.807) is 0 Å². The minimum Gasteiger partial charge on any atom is -0.445 e. The molecule has 2 aromatic heterocycles. The average molecular weight is 377 g/mol. The molecule has 0 spiro atoms. The van der Waals surface area contributed by atoms with Crippen LogP contribution in [-0.4, -0.2) is 37.1 Å². The highest BCUT2D eigenvalue weighted by Crippen LogP contribution is 2.23. The molecule has 0 saturated carbocycles. The van der Waals surface area contributed by atoms with Gasteiger partial charge in [0.05, 0.1) is 6.54 Å². The normalized spacial score (nSPS) is 16.4. The fraction of sp³-hybridized carbons (Fsp3) is 0.429. The summed E-state index contributed by atoms with van der Waals surface area (Å²) in [5.74, 6) is 2.95. The number of rotatable bonds is 3. The molecule has 3 aromatic rings. The summed E-state index contributed by atoms with van der Waals surface area (Å²) in [6.07, 6.45) is 5.61. The summed E-state index contributed by atoms with van der Waals surface area (Å²) in [4.78, 5) is 19.6. The Hall–Kier alpha value is -2.96. The molecule has 1 aromatic carbocycles. The summed E-state index contributed by atoms with van der Waals surface area (Å²) in [7, 11) is 0. The van der Waals surface area contributed by atoms with Crippen molar-refractivity contribution in [2.75, 3.05) is 6.54 Å². The minimum absolute atomic E-state index is 0.0566. The maximum Gasteiger partial charge on any atom is 0.292 e. The number of carbonyl (C=O) groups is 1. The van der Waals surface area contributed by atoms with E-state index in [2.05, 4.69) is 27.3 Å². The Morgan fingerprint density at radius 2 is 1.93 bits per heavy atom. The second kappa shape index (κ2) is 7.22. The summed E-state index contributed by atoms with van der Waals surface area (Å²) in [6, 6.07) is 10.2. The van der Waals surface area contributed by atoms with E-state index in [0.717, 1.165) is 43.1 Å². The smallest absolute Gasteiger partial charge is 0.292 e. The molecule has 0 aliphatic carbocycles. The highest BCUT2D eigenvalue weighted by atomic mass is 16.4. The molecule has 0 saturated heterocycles. The van der Waals surface area contributed by atoms with Crippen LogP contribution in [-0.2, 0) is 32.4 Å². The molecular formula is C21H23N5O2. The molecule has 0 unspecified atom stereocenters. The van der Waals surface area contributed by atoms with E-state index in [0.29, 0.717) is 37.6 Å². The van der Waals surface area contributed by atoms with E-state index in [1.165, 1.54) is 12.0 Å². The van der Waals surface area contributed by atoms with Gasteiger partial charge in [-0.25, -0.2) is 4.98 Å². The predicted octanol–water partition coefficient (Wildman–Crippen LogP) is 2.78. The van der Waals surface area contributed by atoms with Crippen molar-refractivity contribution in [2.24, 2.45) is 0 Å². The van der Waals surface area contributed by atoms with Gasteiger partial charge in [-0.1, -0.05) is 36.8 Å². The van der Waals surface area contributed by atoms with Crippen LogP contribution in [0.2, 0.25) is 0 Å². The molecule has 0 bridgehead atoms. The molecule has 0 atom stereocenters. The third-order valence-electron chi connectivity index (χ3n) is 5.56. The van der Waals surface area contributed by atoms with E-state index >= 15 is 0 Å². The van der Waals surface area contributed by atoms with Gasteiger partial charge in [0.25, 0.3) is 5.91 Å². The first-order valence-electron chi connectivity index (χ1n) is 10.0. The zero-order valence-corrected chi connectivity index (χ0v) is 15.8. The molecule has 0 fully saturated rings. The number of benzene rings is 1. The lowest BCUT2D eigenvalue weighted by Gasteiger charge is -2.25. The molecule has 1 amide bonds. The molecule has 7 heteroatoms. The Bertz CT molecular complexity index is 992. The number of hydrogen-bond donors (Lipinski definition) is 0. The summed E-state index contributed by atoms with van der Waals surface area (Å²) < 4.78 is 7.96. The van der Waals surface area contributed by atoms with Crippen molar-refractivity contribution in [1.29, 1.82) is 0 Å². The monoisotopic (exact) mass is 377 g/mol. The first-order valence-corrected chi connectivity index (χ1v) is 10.0. The second-order valence-electron chi connectivity index (χ2n) is 7.52. The fourth-order valence-corrected chi connectivity index (χ4v) is 4.06. The first kappa shape index (κ1) is 17.2. The van der Waals surface area contributed by atoms with Crippen LogP contribution in [0.3, 0.4) is 0 Å². The third kappa shape index (κ3) is 3.21. The van der Waals surface area contributed by atoms with Crippen LogP contribution in [0.25, 0.3) is 0 Å². The molecular weight excluding hydrogens is 354 g/mol. The van der Waals surface area contributed by atoms with Crippen molar-refractivity contribution in [2.45, 2.75) is 51.6 Å². The Labute approximate surface area is 163 Å². The largest absolute Gasteiger partial charge is 0.445 e. The lowest BCUT2D eigenvalue weighted by atomic mass is 10.1. The van der Waals surface area contributed by atoms with Crippen LogP contribution in [0.1, 0.15) is 58.6 Å². The first-order chi connectivity index (χ1) is 13.8. The van der Waals surface area contributed by atoms with Crippen LogP contribution >= 0.6 is 0 Å². The molecule has 5 rings (SSSR count). The fourth-order valence-electron chi connectivity index (χ4n) is 4.06. The lowest BCUT2D eigenvalue weighted by molar-refractivity contribution is 0.0709. The number of aryl methyl sites for hydroxylation is 1. The van der Waals surface area contributed by atoms with Crippen LogP contribution in [0.5, 0.6) is 0 Å². The standard InChI is InChI=1S/C21H23N5O2/c27-21(20-24-23-18-9-5-2-6-11-26(18)20)25-12-10-17-16(14-25)22-19(28-17)13-15-7-3-1-4-8-15/h1,3-4,7-8H,2,5-6,9-14H2. The molecule has 144 valence electrons. The lowest BCUT2D eigenvalue weighted by Crippen LogP contribution is -2.37. The number of carbonyl (C=O) groups excluding carboxylic acids is 1. The van der Waals surface area contributed by atoms with Gasteiger partial charge in [-0.2, -0.15) is 0 Å². The van der Waals surface area contributed by atoms with Crippen LogP contribution in [0.15, 0.2) is 34.7 Å². The molecule has 4 heterocycles. The van der Waals surface area contributed by atoms with Gasteiger partial charge in [0.1, 0.15) is 17.3 Å². The van der Waals surface area contributed by atoms with Gasteiger partial charge in [-0.05, 0) is 18.4 Å². The van der Waals surface area contributed by atoms with Crippen LogP contribution in [0.4, 0.5) is 0 Å². The van der Waals surface area contributed by atoms with Gasteiger partial charge >= 0.3 is 0 Å². The van der Waals surface area contributed by atoms with E-state index in [-0.39, 0.29) is 5.91 Å². The summed E-state index contributed by atoms with van der Waals surface area (Å²) in [5.41, 5.74) is 2.03. The van der Waals surface area contributed by atoms with Crippen molar-refractivity contribution < 1.29 is 9.21 Å². The van der Waals surface area contributed by atoms with E-state index in [1.807, 2.05) is 27.7 Å². The van der Waals surface area contributed by atoms with Crippen LogP contribution in [0, 0.1) is 0 Å². The Morgan fingerprint density at radius 3 is 2.82 bits per heavy atom. The van der Waals surface area contributed by atoms with Crippen molar-refractivity contribution in [3.8, 4) is 0 Å². The van der Waals surface area contributed by atoms with Crippen molar-refractivity contribution >= 4 is 5.91 Å². The topological polar surface area (TPSA) is 77.0 Å². The Balaban J connectivity index is 1.33. The highest BCUT2D eigenvalue weighted by Gasteiger charge is 2.30. The number of fused-ring (bicyclic) bond motifs is 2. The maximum absolute atomic E-state index is 13.1. The Kier molecular flexibility index (Phi) is 4.43. The molecule has 0 radical (unpaired) electrons. The van der Waals surface area contributed by atoms with Crippen molar-refractivity contribution in [1.82, 2.24) is 24.6 Å². The Morgan fingerprint density at radius 1 is 1.04 bits per heavy atom. The zero-order chi connectivity index (χ0) is 18.9. The minimum atomic E-state index is -0.0566. The van der Waals surface area contributed by atoms with Gasteiger partial charge in [-0.3, -0.25) is 4.79 Å². The quantitative estimate of drug-likeness (QED) is 0.701. The number of amides is 1. The molecule has 7 nitrogen and oxygen atoms in total. The van der Waals surface area contributed by atoms with Crippen LogP contribution < -0.4 is 0 Å². The van der Waals surface area contributed by atoms with Gasteiger partial charge < -0.3 is 13.9 Å². The predicted molar refractivity (Wildman–Crippen MR) is 102 cm³/mol. The number of hydrogen-bond acceptors (Lipinski definition) is 5. The van der Waals surface area contributed by atoms with Gasteiger partial charge in [-0.15, -0.1) is 10.2 Å². The molecule has 0 N–H and O–H groups in total. The van der Waals surface area contributed by atoms with E-state index in [4.69, 9.17) is 4.42 Å². The molecule has 2 aliphatic heterocycles. The second-order valence-corrected chi connectivity index (χ2v) is 7.52. The van der Waals surface area contributed by atoms with Gasteiger partial charge in [0.2, 0.25) is 5.82 Å². The molecule has 28 heavy (non-hydrogen) atoms. The van der Waals surface area contributed by atoms with E-state index in [9.17, 15) is 4.79 Å². The number of oxazole rings is 1. The summed E-state index contributed by atoms with van der Waals surface area (Å²) in [6.45, 7) is 1.91. The summed E-state index contributed by atoms with van der Waals surface area (Å²) in [5, 5.41) is 8.47. The highest BCUT2D eigenvalue weighted by molar-refractivity contribution is 5.90. The van der Waals surface area contributed by atoms with Crippen molar-refractivity contribution in [3.05, 3.63) is 64.9 Å². The number of aromatic nitrogens is 4. The van der Waals surface area contributed by atoms with Crippen molar-refractivity contribution in [3.63, 3.8) is 0 Å². The average Bonchev–Trinajstić information content (AvgIpc) is 3.23. The van der Waals surface area contributed by atoms with Gasteiger partial charge in [0.15, 0.2) is 5.89 Å².